The fraction of sp³-hybridized carbons (Fsp3) is 0.917. The van der Waals surface area contributed by atoms with E-state index in [1.54, 1.807) is 0 Å². The molecule has 0 spiro atoms. The van der Waals surface area contributed by atoms with E-state index in [2.05, 4.69) is 11.8 Å². The van der Waals surface area contributed by atoms with Crippen molar-refractivity contribution in [2.24, 2.45) is 0 Å². The summed E-state index contributed by atoms with van der Waals surface area (Å²) in [5.41, 5.74) is 0. The third kappa shape index (κ3) is 2.95. The summed E-state index contributed by atoms with van der Waals surface area (Å²) in [5.74, 6) is -0.119. The first kappa shape index (κ1) is 13.5. The van der Waals surface area contributed by atoms with Crippen LogP contribution in [-0.2, 0) is 14.3 Å². The number of ether oxygens (including phenoxy) is 2. The normalized spacial score (nSPS) is 27.1. The van der Waals surface area contributed by atoms with Gasteiger partial charge in [-0.1, -0.05) is 6.92 Å². The quantitative estimate of drug-likeness (QED) is 0.669. The molecule has 0 aromatic rings. The molecule has 94 valence electrons. The minimum atomic E-state index is -0.144. The molecule has 3 atom stereocenters. The van der Waals surface area contributed by atoms with Crippen LogP contribution in [0.15, 0.2) is 0 Å². The molecule has 1 saturated heterocycles. The van der Waals surface area contributed by atoms with E-state index in [9.17, 15) is 4.79 Å². The second-order valence-corrected chi connectivity index (χ2v) is 4.27. The molecule has 1 heterocycles. The zero-order valence-electron chi connectivity index (χ0n) is 10.7. The zero-order chi connectivity index (χ0) is 12.1. The summed E-state index contributed by atoms with van der Waals surface area (Å²) in [6, 6.07) is 0.184. The van der Waals surface area contributed by atoms with Crippen molar-refractivity contribution in [1.82, 2.24) is 4.90 Å². The van der Waals surface area contributed by atoms with Gasteiger partial charge in [0.1, 0.15) is 6.04 Å². The molecule has 1 rings (SSSR count). The van der Waals surface area contributed by atoms with Crippen LogP contribution in [0.1, 0.15) is 33.6 Å². The first-order chi connectivity index (χ1) is 7.61. The molecular formula is C12H23NO3. The van der Waals surface area contributed by atoms with Gasteiger partial charge in [0, 0.05) is 12.6 Å². The van der Waals surface area contributed by atoms with Gasteiger partial charge < -0.3 is 9.47 Å². The number of hydrogen-bond donors (Lipinski definition) is 0. The summed E-state index contributed by atoms with van der Waals surface area (Å²) in [6.45, 7) is 7.14. The molecule has 1 aliphatic heterocycles. The Morgan fingerprint density at radius 1 is 1.56 bits per heavy atom. The lowest BCUT2D eigenvalue weighted by atomic mass is 10.1. The predicted octanol–water partition coefficient (Wildman–Crippen LogP) is 1.44. The van der Waals surface area contributed by atoms with Crippen LogP contribution in [0.5, 0.6) is 0 Å². The average Bonchev–Trinajstić information content (AvgIpc) is 2.65. The molecule has 0 amide bonds. The van der Waals surface area contributed by atoms with E-state index in [1.165, 1.54) is 0 Å². The number of carbonyl (C=O) groups is 1. The van der Waals surface area contributed by atoms with Gasteiger partial charge in [0.05, 0.1) is 12.7 Å². The van der Waals surface area contributed by atoms with Crippen molar-refractivity contribution in [3.8, 4) is 0 Å². The third-order valence-electron chi connectivity index (χ3n) is 3.30. The second-order valence-electron chi connectivity index (χ2n) is 4.27. The van der Waals surface area contributed by atoms with Crippen LogP contribution < -0.4 is 0 Å². The van der Waals surface area contributed by atoms with Gasteiger partial charge in [-0.15, -0.1) is 0 Å². The minimum Gasteiger partial charge on any atom is -0.465 e. The lowest BCUT2D eigenvalue weighted by molar-refractivity contribution is -0.150. The molecule has 3 unspecified atom stereocenters. The molecule has 0 radical (unpaired) electrons. The molecule has 16 heavy (non-hydrogen) atoms. The first-order valence-electron chi connectivity index (χ1n) is 6.11. The third-order valence-corrected chi connectivity index (χ3v) is 3.30. The van der Waals surface area contributed by atoms with Crippen LogP contribution in [0.2, 0.25) is 0 Å². The number of esters is 1. The van der Waals surface area contributed by atoms with Gasteiger partial charge in [0.15, 0.2) is 0 Å². The molecular weight excluding hydrogens is 206 g/mol. The van der Waals surface area contributed by atoms with Gasteiger partial charge in [-0.25, -0.2) is 0 Å². The summed E-state index contributed by atoms with van der Waals surface area (Å²) in [7, 11) is 1.99. The Bertz CT molecular complexity index is 232. The lowest BCUT2D eigenvalue weighted by Crippen LogP contribution is -2.47. The first-order valence-corrected chi connectivity index (χ1v) is 6.11. The molecule has 0 aromatic carbocycles. The number of carbonyl (C=O) groups excluding carboxylic acids is 1. The molecule has 0 N–H and O–H groups in total. The largest absolute Gasteiger partial charge is 0.465 e. The molecule has 1 fully saturated rings. The summed E-state index contributed by atoms with van der Waals surface area (Å²) in [6.07, 6.45) is 1.97. The van der Waals surface area contributed by atoms with Gasteiger partial charge in [-0.3, -0.25) is 9.69 Å². The van der Waals surface area contributed by atoms with E-state index in [0.29, 0.717) is 12.6 Å². The highest BCUT2D eigenvalue weighted by molar-refractivity contribution is 5.75. The molecule has 4 heteroatoms. The molecule has 0 aromatic heterocycles. The van der Waals surface area contributed by atoms with Gasteiger partial charge in [0.25, 0.3) is 0 Å². The van der Waals surface area contributed by atoms with E-state index < -0.39 is 0 Å². The molecule has 4 nitrogen and oxygen atoms in total. The van der Waals surface area contributed by atoms with Crippen molar-refractivity contribution in [3.63, 3.8) is 0 Å². The maximum absolute atomic E-state index is 11.8. The summed E-state index contributed by atoms with van der Waals surface area (Å²) >= 11 is 0. The second kappa shape index (κ2) is 6.21. The van der Waals surface area contributed by atoms with Crippen LogP contribution in [0.25, 0.3) is 0 Å². The van der Waals surface area contributed by atoms with Gasteiger partial charge in [0.2, 0.25) is 0 Å². The van der Waals surface area contributed by atoms with Gasteiger partial charge in [-0.2, -0.15) is 0 Å². The van der Waals surface area contributed by atoms with Crippen LogP contribution >= 0.6 is 0 Å². The summed E-state index contributed by atoms with van der Waals surface area (Å²) < 4.78 is 10.6. The maximum Gasteiger partial charge on any atom is 0.323 e. The van der Waals surface area contributed by atoms with E-state index in [-0.39, 0.29) is 18.1 Å². The van der Waals surface area contributed by atoms with Gasteiger partial charge in [-0.05, 0) is 33.7 Å². The van der Waals surface area contributed by atoms with E-state index in [0.717, 1.165) is 19.4 Å². The molecule has 0 saturated carbocycles. The predicted molar refractivity (Wildman–Crippen MR) is 62.3 cm³/mol. The van der Waals surface area contributed by atoms with E-state index in [4.69, 9.17) is 9.47 Å². The van der Waals surface area contributed by atoms with E-state index >= 15 is 0 Å². The Morgan fingerprint density at radius 2 is 2.25 bits per heavy atom. The van der Waals surface area contributed by atoms with E-state index in [1.807, 2.05) is 20.9 Å². The Kier molecular flexibility index (Phi) is 5.22. The van der Waals surface area contributed by atoms with Crippen molar-refractivity contribution in [2.45, 2.75) is 51.8 Å². The van der Waals surface area contributed by atoms with Crippen molar-refractivity contribution < 1.29 is 14.3 Å². The number of rotatable bonds is 5. The lowest BCUT2D eigenvalue weighted by Gasteiger charge is -2.32. The fourth-order valence-corrected chi connectivity index (χ4v) is 2.35. The summed E-state index contributed by atoms with van der Waals surface area (Å²) in [4.78, 5) is 13.9. The van der Waals surface area contributed by atoms with Crippen LogP contribution in [-0.4, -0.2) is 49.3 Å². The van der Waals surface area contributed by atoms with Crippen LogP contribution in [0.4, 0.5) is 0 Å². The van der Waals surface area contributed by atoms with Crippen LogP contribution in [0.3, 0.4) is 0 Å². The topological polar surface area (TPSA) is 38.8 Å². The maximum atomic E-state index is 11.8. The highest BCUT2D eigenvalue weighted by Gasteiger charge is 2.34. The SMILES string of the molecule is CCOC(=O)C(CC)N(C)C1CCOC1C. The number of nitrogens with zero attached hydrogens (tertiary/aromatic N) is 1. The molecule has 0 bridgehead atoms. The molecule has 0 aliphatic carbocycles. The zero-order valence-corrected chi connectivity index (χ0v) is 10.7. The summed E-state index contributed by atoms with van der Waals surface area (Å²) in [5, 5.41) is 0. The average molecular weight is 229 g/mol. The van der Waals surface area contributed by atoms with Crippen molar-refractivity contribution >= 4 is 5.97 Å². The Labute approximate surface area is 97.9 Å². The standard InChI is InChI=1S/C12H23NO3/c1-5-10(12(14)15-6-2)13(4)11-7-8-16-9(11)3/h9-11H,5-8H2,1-4H3. The van der Waals surface area contributed by atoms with Crippen molar-refractivity contribution in [3.05, 3.63) is 0 Å². The van der Waals surface area contributed by atoms with Crippen LogP contribution in [0, 0.1) is 0 Å². The van der Waals surface area contributed by atoms with Crippen molar-refractivity contribution in [2.75, 3.05) is 20.3 Å². The highest BCUT2D eigenvalue weighted by Crippen LogP contribution is 2.21. The smallest absolute Gasteiger partial charge is 0.323 e. The minimum absolute atomic E-state index is 0.119. The Morgan fingerprint density at radius 3 is 2.69 bits per heavy atom. The monoisotopic (exact) mass is 229 g/mol. The van der Waals surface area contributed by atoms with Gasteiger partial charge >= 0.3 is 5.97 Å². The Balaban J connectivity index is 2.61. The molecule has 1 aliphatic rings. The number of likely N-dealkylation sites (N-methyl/N-ethyl adjacent to an activating group) is 1. The highest BCUT2D eigenvalue weighted by atomic mass is 16.5. The fourth-order valence-electron chi connectivity index (χ4n) is 2.35. The Hall–Kier alpha value is -0.610. The number of hydrogen-bond acceptors (Lipinski definition) is 4. The van der Waals surface area contributed by atoms with Crippen molar-refractivity contribution in [1.29, 1.82) is 0 Å².